The Kier molecular flexibility index (Phi) is 6.29. The van der Waals surface area contributed by atoms with E-state index in [4.69, 9.17) is 0 Å². The zero-order chi connectivity index (χ0) is 22.1. The van der Waals surface area contributed by atoms with Crippen molar-refractivity contribution in [3.63, 3.8) is 0 Å². The number of aliphatic hydroxyl groups is 1. The van der Waals surface area contributed by atoms with Gasteiger partial charge in [-0.1, -0.05) is 49.2 Å². The predicted octanol–water partition coefficient (Wildman–Crippen LogP) is 4.43. The maximum absolute atomic E-state index is 13.6. The van der Waals surface area contributed by atoms with Crippen molar-refractivity contribution >= 4 is 5.91 Å². The van der Waals surface area contributed by atoms with E-state index in [9.17, 15) is 14.3 Å². The van der Waals surface area contributed by atoms with Gasteiger partial charge in [-0.25, -0.2) is 4.39 Å². The van der Waals surface area contributed by atoms with Gasteiger partial charge >= 0.3 is 0 Å². The van der Waals surface area contributed by atoms with Crippen molar-refractivity contribution in [3.05, 3.63) is 59.9 Å². The Morgan fingerprint density at radius 2 is 1.72 bits per heavy atom. The number of amides is 1. The molecule has 2 aromatic rings. The molecule has 2 heterocycles. The monoisotopic (exact) mass is 436 g/mol. The van der Waals surface area contributed by atoms with Crippen molar-refractivity contribution in [3.8, 4) is 11.1 Å². The average Bonchev–Trinajstić information content (AvgIpc) is 3.33. The smallest absolute Gasteiger partial charge is 0.225 e. The van der Waals surface area contributed by atoms with E-state index in [2.05, 4.69) is 21.9 Å². The molecular formula is C27H33FN2O2. The van der Waals surface area contributed by atoms with Crippen molar-refractivity contribution in [2.45, 2.75) is 56.5 Å². The second kappa shape index (κ2) is 9.32. The Balaban J connectivity index is 1.37. The lowest BCUT2D eigenvalue weighted by Gasteiger charge is -2.57. The molecule has 1 N–H and O–H groups in total. The molecule has 170 valence electrons. The van der Waals surface area contributed by atoms with Gasteiger partial charge in [-0.2, -0.15) is 0 Å². The van der Waals surface area contributed by atoms with Gasteiger partial charge in [-0.15, -0.1) is 0 Å². The quantitative estimate of drug-likeness (QED) is 0.771. The van der Waals surface area contributed by atoms with Gasteiger partial charge in [0.1, 0.15) is 5.82 Å². The van der Waals surface area contributed by atoms with Crippen LogP contribution in [0, 0.1) is 11.7 Å². The van der Waals surface area contributed by atoms with Crippen LogP contribution in [0.2, 0.25) is 0 Å². The molecule has 3 atom stereocenters. The molecule has 0 radical (unpaired) electrons. The minimum atomic E-state index is -0.233. The standard InChI is InChI=1S/C27H33FN2O2/c28-23-9-5-8-22(16-23)19-10-12-20(13-11-19)26-24-17-29(27(32)21-6-1-2-7-21)14-3-4-15-30(24)25(26)18-31/h5,8-13,16,21,24-26,31H,1-4,6-7,14-15,17-18H2/t24-,25-,26+/m0/s1. The average molecular weight is 437 g/mol. The van der Waals surface area contributed by atoms with Gasteiger partial charge in [0.15, 0.2) is 0 Å². The first-order chi connectivity index (χ1) is 15.7. The van der Waals surface area contributed by atoms with Crippen LogP contribution in [-0.2, 0) is 4.79 Å². The minimum Gasteiger partial charge on any atom is -0.395 e. The summed E-state index contributed by atoms with van der Waals surface area (Å²) in [4.78, 5) is 17.7. The fourth-order valence-electron chi connectivity index (χ4n) is 6.14. The molecule has 1 amide bonds. The highest BCUT2D eigenvalue weighted by molar-refractivity contribution is 5.79. The van der Waals surface area contributed by atoms with Crippen LogP contribution in [0.3, 0.4) is 0 Å². The number of fused-ring (bicyclic) bond motifs is 1. The van der Waals surface area contributed by atoms with Crippen LogP contribution in [0.1, 0.15) is 50.0 Å². The molecule has 4 nitrogen and oxygen atoms in total. The third-order valence-electron chi connectivity index (χ3n) is 7.84. The summed E-state index contributed by atoms with van der Waals surface area (Å²) in [6.45, 7) is 2.72. The van der Waals surface area contributed by atoms with E-state index in [1.807, 2.05) is 18.2 Å². The van der Waals surface area contributed by atoms with Crippen LogP contribution in [-0.4, -0.2) is 59.1 Å². The number of rotatable bonds is 4. The summed E-state index contributed by atoms with van der Waals surface area (Å²) in [6, 6.07) is 15.3. The number of halogens is 1. The summed E-state index contributed by atoms with van der Waals surface area (Å²) in [7, 11) is 0. The van der Waals surface area contributed by atoms with E-state index in [-0.39, 0.29) is 36.3 Å². The van der Waals surface area contributed by atoms with Gasteiger partial charge in [-0.05, 0) is 61.1 Å². The fourth-order valence-corrected chi connectivity index (χ4v) is 6.14. The summed E-state index contributed by atoms with van der Waals surface area (Å²) in [5.41, 5.74) is 3.05. The third kappa shape index (κ3) is 4.08. The lowest BCUT2D eigenvalue weighted by atomic mass is 9.74. The lowest BCUT2D eigenvalue weighted by Crippen LogP contribution is -2.68. The Bertz CT molecular complexity index is 941. The van der Waals surface area contributed by atoms with Crippen molar-refractivity contribution in [2.24, 2.45) is 5.92 Å². The van der Waals surface area contributed by atoms with Crippen LogP contribution in [0.4, 0.5) is 4.39 Å². The Morgan fingerprint density at radius 1 is 0.969 bits per heavy atom. The minimum absolute atomic E-state index is 0.0987. The van der Waals surface area contributed by atoms with Gasteiger partial charge < -0.3 is 10.0 Å². The summed E-state index contributed by atoms with van der Waals surface area (Å²) >= 11 is 0. The zero-order valence-corrected chi connectivity index (χ0v) is 18.6. The van der Waals surface area contributed by atoms with Crippen molar-refractivity contribution in [1.82, 2.24) is 9.80 Å². The first kappa shape index (κ1) is 21.6. The Morgan fingerprint density at radius 3 is 2.44 bits per heavy atom. The summed E-state index contributed by atoms with van der Waals surface area (Å²) in [5, 5.41) is 10.2. The summed E-state index contributed by atoms with van der Waals surface area (Å²) in [5.74, 6) is 0.527. The molecule has 0 aromatic heterocycles. The number of benzene rings is 2. The molecule has 1 aliphatic carbocycles. The fraction of sp³-hybridized carbons (Fsp3) is 0.519. The molecule has 5 heteroatoms. The summed E-state index contributed by atoms with van der Waals surface area (Å²) in [6.07, 6.45) is 6.51. The van der Waals surface area contributed by atoms with Gasteiger partial charge in [0, 0.05) is 37.0 Å². The molecule has 0 unspecified atom stereocenters. The molecule has 5 rings (SSSR count). The van der Waals surface area contributed by atoms with Crippen LogP contribution in [0.25, 0.3) is 11.1 Å². The number of hydrogen-bond acceptors (Lipinski definition) is 3. The number of carbonyl (C=O) groups excluding carboxylic acids is 1. The summed E-state index contributed by atoms with van der Waals surface area (Å²) < 4.78 is 13.6. The molecule has 2 saturated heterocycles. The van der Waals surface area contributed by atoms with Crippen molar-refractivity contribution in [2.75, 3.05) is 26.2 Å². The molecule has 1 saturated carbocycles. The second-order valence-corrected chi connectivity index (χ2v) is 9.69. The molecular weight excluding hydrogens is 403 g/mol. The maximum Gasteiger partial charge on any atom is 0.225 e. The molecule has 2 aliphatic heterocycles. The molecule has 32 heavy (non-hydrogen) atoms. The molecule has 0 spiro atoms. The van der Waals surface area contributed by atoms with E-state index in [0.717, 1.165) is 56.4 Å². The second-order valence-electron chi connectivity index (χ2n) is 9.69. The highest BCUT2D eigenvalue weighted by atomic mass is 19.1. The Labute approximate surface area is 190 Å². The highest BCUT2D eigenvalue weighted by Gasteiger charge is 2.49. The number of hydrogen-bond donors (Lipinski definition) is 1. The van der Waals surface area contributed by atoms with Gasteiger partial charge in [0.05, 0.1) is 6.61 Å². The topological polar surface area (TPSA) is 43.8 Å². The van der Waals surface area contributed by atoms with E-state index in [1.165, 1.54) is 24.5 Å². The highest BCUT2D eigenvalue weighted by Crippen LogP contribution is 2.42. The van der Waals surface area contributed by atoms with Crippen molar-refractivity contribution in [1.29, 1.82) is 0 Å². The first-order valence-electron chi connectivity index (χ1n) is 12.2. The lowest BCUT2D eigenvalue weighted by molar-refractivity contribution is -0.140. The zero-order valence-electron chi connectivity index (χ0n) is 18.6. The number of aliphatic hydroxyl groups excluding tert-OH is 1. The van der Waals surface area contributed by atoms with Crippen molar-refractivity contribution < 1.29 is 14.3 Å². The van der Waals surface area contributed by atoms with E-state index in [1.54, 1.807) is 12.1 Å². The largest absolute Gasteiger partial charge is 0.395 e. The Hall–Kier alpha value is -2.24. The third-order valence-corrected chi connectivity index (χ3v) is 7.84. The predicted molar refractivity (Wildman–Crippen MR) is 124 cm³/mol. The van der Waals surface area contributed by atoms with Gasteiger partial charge in [0.25, 0.3) is 0 Å². The van der Waals surface area contributed by atoms with Crippen LogP contribution >= 0.6 is 0 Å². The van der Waals surface area contributed by atoms with Gasteiger partial charge in [0.2, 0.25) is 5.91 Å². The molecule has 2 aromatic carbocycles. The SMILES string of the molecule is O=C(C1CCCC1)N1CCCCN2[C@@H](CO)[C@H](c3ccc(-c4cccc(F)c4)cc3)[C@@H]2C1. The van der Waals surface area contributed by atoms with E-state index in [0.29, 0.717) is 5.91 Å². The molecule has 3 aliphatic rings. The first-order valence-corrected chi connectivity index (χ1v) is 12.2. The van der Waals surface area contributed by atoms with Crippen LogP contribution in [0.5, 0.6) is 0 Å². The number of nitrogens with zero attached hydrogens (tertiary/aromatic N) is 2. The maximum atomic E-state index is 13.6. The van der Waals surface area contributed by atoms with E-state index < -0.39 is 0 Å². The molecule has 3 fully saturated rings. The van der Waals surface area contributed by atoms with Crippen LogP contribution in [0.15, 0.2) is 48.5 Å². The van der Waals surface area contributed by atoms with Crippen LogP contribution < -0.4 is 0 Å². The van der Waals surface area contributed by atoms with E-state index >= 15 is 0 Å². The number of carbonyl (C=O) groups is 1. The molecule has 0 bridgehead atoms. The normalized spacial score (nSPS) is 26.8. The van der Waals surface area contributed by atoms with Gasteiger partial charge in [-0.3, -0.25) is 9.69 Å².